The molecular formula is C15H26N2O2S2. The normalized spacial score (nSPS) is 23.4. The predicted molar refractivity (Wildman–Crippen MR) is 87.9 cm³/mol. The zero-order chi connectivity index (χ0) is 15.5. The van der Waals surface area contributed by atoms with Gasteiger partial charge in [-0.15, -0.1) is 11.3 Å². The molecular weight excluding hydrogens is 304 g/mol. The molecule has 21 heavy (non-hydrogen) atoms. The largest absolute Gasteiger partial charge is 0.326 e. The van der Waals surface area contributed by atoms with Crippen molar-refractivity contribution in [3.05, 3.63) is 15.8 Å². The molecule has 1 aromatic rings. The first-order valence-corrected chi connectivity index (χ1v) is 10.0. The molecule has 0 amide bonds. The van der Waals surface area contributed by atoms with Crippen molar-refractivity contribution in [3.8, 4) is 0 Å². The number of hydrogen-bond acceptors (Lipinski definition) is 4. The van der Waals surface area contributed by atoms with Crippen molar-refractivity contribution in [2.75, 3.05) is 6.54 Å². The Morgan fingerprint density at radius 2 is 1.90 bits per heavy atom. The minimum absolute atomic E-state index is 0.391. The quantitative estimate of drug-likeness (QED) is 0.842. The fourth-order valence-electron chi connectivity index (χ4n) is 3.04. The van der Waals surface area contributed by atoms with Gasteiger partial charge in [-0.2, -0.15) is 0 Å². The molecule has 1 saturated carbocycles. The lowest BCUT2D eigenvalue weighted by Gasteiger charge is -2.27. The van der Waals surface area contributed by atoms with E-state index < -0.39 is 10.0 Å². The molecule has 0 bridgehead atoms. The van der Waals surface area contributed by atoms with E-state index in [-0.39, 0.29) is 0 Å². The summed E-state index contributed by atoms with van der Waals surface area (Å²) in [5.41, 5.74) is 5.59. The number of aryl methyl sites for hydroxylation is 1. The second kappa shape index (κ2) is 7.22. The van der Waals surface area contributed by atoms with E-state index in [1.54, 1.807) is 6.07 Å². The monoisotopic (exact) mass is 330 g/mol. The Balaban J connectivity index is 1.94. The molecule has 1 fully saturated rings. The Kier molecular flexibility index (Phi) is 5.82. The molecule has 1 aliphatic rings. The summed E-state index contributed by atoms with van der Waals surface area (Å²) in [7, 11) is -3.39. The van der Waals surface area contributed by atoms with Crippen molar-refractivity contribution >= 4 is 21.4 Å². The minimum Gasteiger partial charge on any atom is -0.326 e. The van der Waals surface area contributed by atoms with E-state index in [4.69, 9.17) is 5.73 Å². The van der Waals surface area contributed by atoms with E-state index in [1.165, 1.54) is 30.6 Å². The van der Waals surface area contributed by atoms with Gasteiger partial charge < -0.3 is 5.73 Å². The molecule has 0 aliphatic heterocycles. The Morgan fingerprint density at radius 3 is 2.43 bits per heavy atom. The molecule has 0 spiro atoms. The summed E-state index contributed by atoms with van der Waals surface area (Å²) >= 11 is 1.46. The molecule has 120 valence electrons. The van der Waals surface area contributed by atoms with Crippen LogP contribution in [-0.2, 0) is 16.6 Å². The lowest BCUT2D eigenvalue weighted by molar-refractivity contribution is 0.270. The fraction of sp³-hybridized carbons (Fsp3) is 0.733. The Labute approximate surface area is 132 Å². The van der Waals surface area contributed by atoms with Crippen LogP contribution in [0.25, 0.3) is 0 Å². The van der Waals surface area contributed by atoms with E-state index in [0.717, 1.165) is 28.5 Å². The van der Waals surface area contributed by atoms with Gasteiger partial charge in [0.05, 0.1) is 4.90 Å². The first kappa shape index (κ1) is 16.9. The first-order valence-electron chi connectivity index (χ1n) is 7.75. The van der Waals surface area contributed by atoms with Gasteiger partial charge in [-0.05, 0) is 37.7 Å². The highest BCUT2D eigenvalue weighted by Gasteiger charge is 2.24. The number of thiophene rings is 1. The SMILES string of the molecule is CCC1CCC(CNS(=O)(=O)c2cc(CN)sc2C)CC1. The van der Waals surface area contributed by atoms with Crippen LogP contribution in [0.3, 0.4) is 0 Å². The molecule has 0 aromatic carbocycles. The number of rotatable bonds is 6. The lowest BCUT2D eigenvalue weighted by atomic mass is 9.81. The van der Waals surface area contributed by atoms with Crippen molar-refractivity contribution < 1.29 is 8.42 Å². The standard InChI is InChI=1S/C15H26N2O2S2/c1-3-12-4-6-13(7-5-12)10-17-21(18,19)15-8-14(9-16)20-11(15)2/h8,12-13,17H,3-7,9-10,16H2,1-2H3. The number of hydrogen-bond donors (Lipinski definition) is 2. The van der Waals surface area contributed by atoms with Crippen molar-refractivity contribution in [2.24, 2.45) is 17.6 Å². The summed E-state index contributed by atoms with van der Waals surface area (Å²) in [5.74, 6) is 1.32. The van der Waals surface area contributed by atoms with E-state index in [1.807, 2.05) is 6.92 Å². The zero-order valence-corrected chi connectivity index (χ0v) is 14.5. The van der Waals surface area contributed by atoms with Crippen LogP contribution >= 0.6 is 11.3 Å². The summed E-state index contributed by atoms with van der Waals surface area (Å²) in [5, 5.41) is 0. The highest BCUT2D eigenvalue weighted by Crippen LogP contribution is 2.31. The van der Waals surface area contributed by atoms with Crippen LogP contribution < -0.4 is 10.5 Å². The average molecular weight is 331 g/mol. The molecule has 0 atom stereocenters. The maximum Gasteiger partial charge on any atom is 0.241 e. The van der Waals surface area contributed by atoms with Crippen LogP contribution in [-0.4, -0.2) is 15.0 Å². The van der Waals surface area contributed by atoms with Crippen LogP contribution in [0, 0.1) is 18.8 Å². The molecule has 4 nitrogen and oxygen atoms in total. The van der Waals surface area contributed by atoms with Gasteiger partial charge >= 0.3 is 0 Å². The maximum atomic E-state index is 12.4. The number of nitrogens with one attached hydrogen (secondary N) is 1. The van der Waals surface area contributed by atoms with Crippen LogP contribution in [0.15, 0.2) is 11.0 Å². The molecule has 6 heteroatoms. The van der Waals surface area contributed by atoms with Gasteiger partial charge in [0.1, 0.15) is 0 Å². The van der Waals surface area contributed by atoms with Gasteiger partial charge in [0.2, 0.25) is 10.0 Å². The second-order valence-corrected chi connectivity index (χ2v) is 9.06. The maximum absolute atomic E-state index is 12.4. The lowest BCUT2D eigenvalue weighted by Crippen LogP contribution is -2.31. The topological polar surface area (TPSA) is 72.2 Å². The summed E-state index contributed by atoms with van der Waals surface area (Å²) in [6, 6.07) is 1.70. The van der Waals surface area contributed by atoms with Crippen LogP contribution in [0.5, 0.6) is 0 Å². The summed E-state index contributed by atoms with van der Waals surface area (Å²) in [6.45, 7) is 5.03. The van der Waals surface area contributed by atoms with Crippen LogP contribution in [0.1, 0.15) is 48.8 Å². The second-order valence-electron chi connectivity index (χ2n) is 5.98. The van der Waals surface area contributed by atoms with E-state index >= 15 is 0 Å². The van der Waals surface area contributed by atoms with Gasteiger partial charge in [0.25, 0.3) is 0 Å². The minimum atomic E-state index is -3.39. The van der Waals surface area contributed by atoms with Crippen molar-refractivity contribution in [1.29, 1.82) is 0 Å². The number of nitrogens with two attached hydrogens (primary N) is 1. The third kappa shape index (κ3) is 4.28. The van der Waals surface area contributed by atoms with Gasteiger partial charge in [-0.1, -0.05) is 26.2 Å². The third-order valence-electron chi connectivity index (χ3n) is 4.52. The first-order chi connectivity index (χ1) is 9.96. The van der Waals surface area contributed by atoms with E-state index in [2.05, 4.69) is 11.6 Å². The summed E-state index contributed by atoms with van der Waals surface area (Å²) in [6.07, 6.45) is 5.99. The van der Waals surface area contributed by atoms with Crippen molar-refractivity contribution in [3.63, 3.8) is 0 Å². The van der Waals surface area contributed by atoms with Gasteiger partial charge in [0.15, 0.2) is 0 Å². The van der Waals surface area contributed by atoms with Crippen LogP contribution in [0.2, 0.25) is 0 Å². The molecule has 0 radical (unpaired) electrons. The molecule has 3 N–H and O–H groups in total. The Hall–Kier alpha value is -0.430. The van der Waals surface area contributed by atoms with Gasteiger partial charge in [0, 0.05) is 22.8 Å². The molecule has 0 saturated heterocycles. The molecule has 1 aromatic heterocycles. The third-order valence-corrected chi connectivity index (χ3v) is 7.27. The molecule has 1 aliphatic carbocycles. The summed E-state index contributed by atoms with van der Waals surface area (Å²) < 4.78 is 27.6. The number of sulfonamides is 1. The van der Waals surface area contributed by atoms with Crippen molar-refractivity contribution in [2.45, 2.75) is 57.4 Å². The van der Waals surface area contributed by atoms with Gasteiger partial charge in [-0.25, -0.2) is 13.1 Å². The smallest absolute Gasteiger partial charge is 0.241 e. The van der Waals surface area contributed by atoms with E-state index in [9.17, 15) is 8.42 Å². The van der Waals surface area contributed by atoms with E-state index in [0.29, 0.717) is 23.9 Å². The molecule has 1 heterocycles. The zero-order valence-electron chi connectivity index (χ0n) is 12.9. The predicted octanol–water partition coefficient (Wildman–Crippen LogP) is 3.01. The Bertz CT molecular complexity index is 558. The molecule has 2 rings (SSSR count). The highest BCUT2D eigenvalue weighted by atomic mass is 32.2. The average Bonchev–Trinajstić information content (AvgIpc) is 2.88. The summed E-state index contributed by atoms with van der Waals surface area (Å²) in [4.78, 5) is 2.13. The van der Waals surface area contributed by atoms with Crippen LogP contribution in [0.4, 0.5) is 0 Å². The fourth-order valence-corrected chi connectivity index (χ4v) is 5.67. The van der Waals surface area contributed by atoms with Crippen molar-refractivity contribution in [1.82, 2.24) is 4.72 Å². The van der Waals surface area contributed by atoms with Gasteiger partial charge in [-0.3, -0.25) is 0 Å². The molecule has 0 unspecified atom stereocenters. The Morgan fingerprint density at radius 1 is 1.29 bits per heavy atom. The highest BCUT2D eigenvalue weighted by molar-refractivity contribution is 7.89.